The van der Waals surface area contributed by atoms with Crippen LogP contribution in [0.2, 0.25) is 0 Å². The van der Waals surface area contributed by atoms with E-state index in [1.54, 1.807) is 31.4 Å². The fraction of sp³-hybridized carbons (Fsp3) is 0.385. The van der Waals surface area contributed by atoms with E-state index < -0.39 is 17.7 Å². The standard InChI is InChI=1S/C26H31NO5/c1-5-14-32-21-8-6-7-20(16-21)24(28)22-23(19-11-9-18(10-12-19)17(2)3)27(13-15-31-4)26(30)25(22)29/h6-12,16-17,23,28H,5,13-15H2,1-4H3. The molecule has 0 radical (unpaired) electrons. The number of aliphatic hydroxyl groups excluding tert-OH is 1. The summed E-state index contributed by atoms with van der Waals surface area (Å²) in [6.07, 6.45) is 0.854. The number of hydrogen-bond acceptors (Lipinski definition) is 5. The third-order valence-corrected chi connectivity index (χ3v) is 5.58. The third-order valence-electron chi connectivity index (χ3n) is 5.58. The van der Waals surface area contributed by atoms with Crippen LogP contribution in [-0.4, -0.2) is 48.6 Å². The number of carbonyl (C=O) groups excluding carboxylic acids is 2. The second-order valence-corrected chi connectivity index (χ2v) is 8.18. The summed E-state index contributed by atoms with van der Waals surface area (Å²) in [7, 11) is 1.55. The largest absolute Gasteiger partial charge is 0.507 e. The summed E-state index contributed by atoms with van der Waals surface area (Å²) in [5.74, 6) is -0.586. The molecule has 1 fully saturated rings. The van der Waals surface area contributed by atoms with Gasteiger partial charge in [0.1, 0.15) is 11.5 Å². The van der Waals surface area contributed by atoms with E-state index in [2.05, 4.69) is 13.8 Å². The van der Waals surface area contributed by atoms with Gasteiger partial charge in [-0.3, -0.25) is 9.59 Å². The van der Waals surface area contributed by atoms with E-state index in [9.17, 15) is 14.7 Å². The van der Waals surface area contributed by atoms with Crippen molar-refractivity contribution >= 4 is 17.4 Å². The smallest absolute Gasteiger partial charge is 0.295 e. The minimum atomic E-state index is -0.698. The number of carbonyl (C=O) groups is 2. The first-order valence-corrected chi connectivity index (χ1v) is 11.0. The van der Waals surface area contributed by atoms with Gasteiger partial charge in [-0.25, -0.2) is 0 Å². The Bertz CT molecular complexity index is 994. The number of hydrogen-bond donors (Lipinski definition) is 1. The third kappa shape index (κ3) is 4.86. The predicted octanol–water partition coefficient (Wildman–Crippen LogP) is 4.67. The fourth-order valence-electron chi connectivity index (χ4n) is 3.82. The maximum atomic E-state index is 13.0. The highest BCUT2D eigenvalue weighted by molar-refractivity contribution is 6.46. The molecule has 0 aliphatic carbocycles. The maximum absolute atomic E-state index is 13.0. The number of rotatable bonds is 9. The summed E-state index contributed by atoms with van der Waals surface area (Å²) in [6.45, 7) is 7.30. The molecule has 1 heterocycles. The van der Waals surface area contributed by atoms with Gasteiger partial charge in [0.05, 0.1) is 24.8 Å². The van der Waals surface area contributed by atoms with Crippen LogP contribution in [0, 0.1) is 0 Å². The molecule has 1 aliphatic rings. The van der Waals surface area contributed by atoms with Gasteiger partial charge in [0, 0.05) is 19.2 Å². The van der Waals surface area contributed by atoms with Crippen LogP contribution in [0.1, 0.15) is 55.8 Å². The zero-order valence-corrected chi connectivity index (χ0v) is 19.1. The second kappa shape index (κ2) is 10.5. The first kappa shape index (κ1) is 23.5. The van der Waals surface area contributed by atoms with Crippen LogP contribution in [0.5, 0.6) is 5.75 Å². The van der Waals surface area contributed by atoms with Gasteiger partial charge in [0.15, 0.2) is 0 Å². The van der Waals surface area contributed by atoms with Gasteiger partial charge < -0.3 is 19.5 Å². The molecule has 0 bridgehead atoms. The van der Waals surface area contributed by atoms with Gasteiger partial charge in [0.25, 0.3) is 11.7 Å². The molecule has 0 saturated carbocycles. The average molecular weight is 438 g/mol. The summed E-state index contributed by atoms with van der Waals surface area (Å²) in [5, 5.41) is 11.2. The summed E-state index contributed by atoms with van der Waals surface area (Å²) in [5.41, 5.74) is 2.44. The van der Waals surface area contributed by atoms with Crippen LogP contribution in [0.4, 0.5) is 0 Å². The minimum Gasteiger partial charge on any atom is -0.507 e. The first-order valence-electron chi connectivity index (χ1n) is 11.0. The highest BCUT2D eigenvalue weighted by Gasteiger charge is 2.45. The number of ether oxygens (including phenoxy) is 2. The van der Waals surface area contributed by atoms with Gasteiger partial charge in [-0.2, -0.15) is 0 Å². The molecule has 2 aromatic rings. The van der Waals surface area contributed by atoms with Gasteiger partial charge in [-0.05, 0) is 35.6 Å². The van der Waals surface area contributed by atoms with Crippen LogP contribution in [-0.2, 0) is 14.3 Å². The topological polar surface area (TPSA) is 76.1 Å². The SMILES string of the molecule is CCCOc1cccc(C(O)=C2C(=O)C(=O)N(CCOC)C2c2ccc(C(C)C)cc2)c1. The maximum Gasteiger partial charge on any atom is 0.295 e. The number of likely N-dealkylation sites (tertiary alicyclic amines) is 1. The van der Waals surface area contributed by atoms with E-state index in [0.29, 0.717) is 23.8 Å². The molecule has 32 heavy (non-hydrogen) atoms. The van der Waals surface area contributed by atoms with Crippen LogP contribution in [0.3, 0.4) is 0 Å². The normalized spacial score (nSPS) is 17.9. The molecular formula is C26H31NO5. The summed E-state index contributed by atoms with van der Waals surface area (Å²) in [6, 6.07) is 14.1. The Kier molecular flexibility index (Phi) is 7.70. The molecule has 170 valence electrons. The monoisotopic (exact) mass is 437 g/mol. The Balaban J connectivity index is 2.09. The van der Waals surface area contributed by atoms with Crippen LogP contribution < -0.4 is 4.74 Å². The van der Waals surface area contributed by atoms with Gasteiger partial charge in [-0.15, -0.1) is 0 Å². The van der Waals surface area contributed by atoms with Crippen LogP contribution >= 0.6 is 0 Å². The van der Waals surface area contributed by atoms with Gasteiger partial charge in [-0.1, -0.05) is 57.2 Å². The molecular weight excluding hydrogens is 406 g/mol. The van der Waals surface area contributed by atoms with Crippen molar-refractivity contribution in [2.24, 2.45) is 0 Å². The molecule has 6 nitrogen and oxygen atoms in total. The lowest BCUT2D eigenvalue weighted by atomic mass is 9.93. The molecule has 1 N–H and O–H groups in total. The zero-order valence-electron chi connectivity index (χ0n) is 19.1. The number of amides is 1. The highest BCUT2D eigenvalue weighted by Crippen LogP contribution is 2.39. The lowest BCUT2D eigenvalue weighted by Crippen LogP contribution is -2.32. The van der Waals surface area contributed by atoms with Crippen molar-refractivity contribution in [3.8, 4) is 5.75 Å². The van der Waals surface area contributed by atoms with Crippen molar-refractivity contribution in [1.82, 2.24) is 4.90 Å². The molecule has 6 heteroatoms. The molecule has 1 aliphatic heterocycles. The Hall–Kier alpha value is -3.12. The highest BCUT2D eigenvalue weighted by atomic mass is 16.5. The minimum absolute atomic E-state index is 0.0797. The van der Waals surface area contributed by atoms with E-state index in [-0.39, 0.29) is 24.5 Å². The molecule has 0 aromatic heterocycles. The summed E-state index contributed by atoms with van der Waals surface area (Å²) in [4.78, 5) is 27.4. The fourth-order valence-corrected chi connectivity index (χ4v) is 3.82. The Labute approximate surface area is 189 Å². The molecule has 1 atom stereocenters. The molecule has 1 saturated heterocycles. The van der Waals surface area contributed by atoms with E-state index in [1.165, 1.54) is 4.90 Å². The van der Waals surface area contributed by atoms with Crippen molar-refractivity contribution in [1.29, 1.82) is 0 Å². The van der Waals surface area contributed by atoms with Crippen molar-refractivity contribution in [3.63, 3.8) is 0 Å². The van der Waals surface area contributed by atoms with Gasteiger partial charge >= 0.3 is 0 Å². The van der Waals surface area contributed by atoms with Crippen molar-refractivity contribution in [3.05, 3.63) is 70.8 Å². The van der Waals surface area contributed by atoms with Gasteiger partial charge in [0.2, 0.25) is 0 Å². The van der Waals surface area contributed by atoms with E-state index >= 15 is 0 Å². The quantitative estimate of drug-likeness (QED) is 0.351. The number of aliphatic hydroxyl groups is 1. The Morgan fingerprint density at radius 2 is 1.81 bits per heavy atom. The molecule has 0 spiro atoms. The summed E-state index contributed by atoms with van der Waals surface area (Å²) < 4.78 is 10.8. The molecule has 2 aromatic carbocycles. The van der Waals surface area contributed by atoms with E-state index in [0.717, 1.165) is 17.5 Å². The first-order chi connectivity index (χ1) is 15.4. The van der Waals surface area contributed by atoms with Crippen molar-refractivity contribution in [2.45, 2.75) is 39.2 Å². The van der Waals surface area contributed by atoms with Crippen molar-refractivity contribution < 1.29 is 24.2 Å². The Morgan fingerprint density at radius 3 is 2.44 bits per heavy atom. The molecule has 3 rings (SSSR count). The number of ketones is 1. The zero-order chi connectivity index (χ0) is 23.3. The number of nitrogens with zero attached hydrogens (tertiary/aromatic N) is 1. The number of methoxy groups -OCH3 is 1. The molecule has 1 amide bonds. The predicted molar refractivity (Wildman–Crippen MR) is 124 cm³/mol. The van der Waals surface area contributed by atoms with Crippen LogP contribution in [0.25, 0.3) is 5.76 Å². The second-order valence-electron chi connectivity index (χ2n) is 8.18. The number of Topliss-reactive ketones (excluding diaryl/α,β-unsaturated/α-hetero) is 1. The lowest BCUT2D eigenvalue weighted by Gasteiger charge is -2.25. The Morgan fingerprint density at radius 1 is 1.09 bits per heavy atom. The molecule has 1 unspecified atom stereocenters. The summed E-state index contributed by atoms with van der Waals surface area (Å²) >= 11 is 0. The number of benzene rings is 2. The van der Waals surface area contributed by atoms with Crippen molar-refractivity contribution in [2.75, 3.05) is 26.9 Å². The van der Waals surface area contributed by atoms with E-state index in [1.807, 2.05) is 31.2 Å². The lowest BCUT2D eigenvalue weighted by molar-refractivity contribution is -0.140. The average Bonchev–Trinajstić information content (AvgIpc) is 3.05. The van der Waals surface area contributed by atoms with Crippen LogP contribution in [0.15, 0.2) is 54.1 Å². The van der Waals surface area contributed by atoms with E-state index in [4.69, 9.17) is 9.47 Å².